The van der Waals surface area contributed by atoms with Gasteiger partial charge in [0.25, 0.3) is 0 Å². The standard InChI is InChI=1S/7CH4.4HO2P.O2P.O2.H2O.H4P2.4H3P/c;;;;;;;5*1-3-2;1-2;;1-2;;;;/h7*1H4;4*(H,1,2);;;1H2;1-2H2;4*1H3/q;;;;;;;;;;;+1;;;;;;;. The summed E-state index contributed by atoms with van der Waals surface area (Å²) in [5.74, 6) is 0. The predicted molar refractivity (Wildman–Crippen MR) is 169 cm³/mol. The monoisotopic (exact) mass is 683 g/mol. The first kappa shape index (κ1) is 169. The van der Waals surface area contributed by atoms with Crippen molar-refractivity contribution < 1.29 is 52.4 Å². The molecule has 0 saturated heterocycles. The molecule has 0 aliphatic carbocycles. The van der Waals surface area contributed by atoms with E-state index in [0.717, 1.165) is 0 Å². The van der Waals surface area contributed by atoms with Gasteiger partial charge in [-0.05, 0) is 0 Å². The first-order chi connectivity index (χ1) is 9.07. The fourth-order valence-corrected chi connectivity index (χ4v) is 0. The maximum Gasteiger partial charge on any atom is -0.118 e. The second-order valence-electron chi connectivity index (χ2n) is 0.401. The Labute approximate surface area is 214 Å². The molecular weight excluding hydrogens is 633 g/mol. The van der Waals surface area contributed by atoms with E-state index in [4.69, 9.17) is 56.9 Å². The van der Waals surface area contributed by atoms with E-state index in [9.17, 15) is 0 Å². The van der Waals surface area contributed by atoms with Crippen LogP contribution in [0.3, 0.4) is 0 Å². The van der Waals surface area contributed by atoms with Gasteiger partial charge in [0.05, 0.1) is 0 Å². The summed E-state index contributed by atoms with van der Waals surface area (Å²) in [5.41, 5.74) is 0. The van der Waals surface area contributed by atoms with Gasteiger partial charge in [-0.15, -0.1) is 17.9 Å². The molecule has 0 aliphatic rings. The molecule has 0 aromatic carbocycles. The Morgan fingerprint density at radius 2 is 0.484 bits per heavy atom. The second-order valence-corrected chi connectivity index (χ2v) is 1.20. The van der Waals surface area contributed by atoms with Crippen LogP contribution in [-0.2, 0) is 27.4 Å². The first-order valence-corrected chi connectivity index (χ1v) is 8.85. The molecule has 31 heavy (non-hydrogen) atoms. The van der Waals surface area contributed by atoms with Crippen LogP contribution in [0.5, 0.6) is 0 Å². The maximum atomic E-state index is 8.46. The molecule has 0 rings (SSSR count). The van der Waals surface area contributed by atoms with Gasteiger partial charge in [-0.1, -0.05) is 52.0 Å². The Balaban J connectivity index is -0.00000000301. The predicted octanol–water partition coefficient (Wildman–Crippen LogP) is 5.94. The third kappa shape index (κ3) is 5160. The van der Waals surface area contributed by atoms with Crippen molar-refractivity contribution in [1.82, 2.24) is 0 Å². The third-order valence-electron chi connectivity index (χ3n) is 0. The van der Waals surface area contributed by atoms with Gasteiger partial charge in [-0.25, -0.2) is 18.3 Å². The molecule has 0 aliphatic heterocycles. The summed E-state index contributed by atoms with van der Waals surface area (Å²) in [6.45, 7) is 0. The van der Waals surface area contributed by atoms with E-state index in [1.165, 1.54) is 0 Å². The van der Waals surface area contributed by atoms with Gasteiger partial charge in [-0.2, -0.15) is 39.6 Å². The topological polar surface area (TPSA) is 249 Å². The minimum atomic E-state index is -1.08. The van der Waals surface area contributed by atoms with Crippen molar-refractivity contribution in [2.24, 2.45) is 0 Å². The van der Waals surface area contributed by atoms with Gasteiger partial charge >= 0.3 is 52.2 Å². The molecule has 0 saturated carbocycles. The van der Waals surface area contributed by atoms with Crippen LogP contribution in [0, 0.1) is 9.93 Å². The van der Waals surface area contributed by atoms with Crippen molar-refractivity contribution in [2.45, 2.75) is 52.0 Å². The molecule has 24 heteroatoms. The van der Waals surface area contributed by atoms with Crippen LogP contribution in [0.4, 0.5) is 0 Å². The number of hydrogen-bond acceptors (Lipinski definition) is 8. The SMILES string of the molecule is C.C.C.C.C.C.C.O.O=O.O=PO.O=PO.O=PO.O=PO.O=[P+]=O.P.P.P.P.PP. The van der Waals surface area contributed by atoms with Gasteiger partial charge in [0.2, 0.25) is 0 Å². The van der Waals surface area contributed by atoms with E-state index in [1.54, 1.807) is 0 Å². The number of hydrogen-bond donors (Lipinski definition) is 4. The van der Waals surface area contributed by atoms with Gasteiger partial charge in [-0.3, -0.25) is 0 Å². The zero-order chi connectivity index (χ0) is 17.5. The zero-order valence-corrected chi connectivity index (χ0v) is 24.2. The summed E-state index contributed by atoms with van der Waals surface area (Å²) in [6.07, 6.45) is 0. The van der Waals surface area contributed by atoms with Gasteiger partial charge in [0, 0.05) is 9.93 Å². The van der Waals surface area contributed by atoms with Crippen LogP contribution >= 0.6 is 101 Å². The average Bonchev–Trinajstić information content (AvgIpc) is 2.38. The van der Waals surface area contributed by atoms with Crippen LogP contribution < -0.4 is 0 Å². The van der Waals surface area contributed by atoms with E-state index >= 15 is 0 Å². The van der Waals surface area contributed by atoms with Crippen molar-refractivity contribution in [3.8, 4) is 0 Å². The van der Waals surface area contributed by atoms with Gasteiger partial charge < -0.3 is 25.0 Å². The molecule has 0 spiro atoms. The normalized spacial score (nSPS) is 3.29. The van der Waals surface area contributed by atoms with Crippen LogP contribution in [0.1, 0.15) is 52.0 Å². The van der Waals surface area contributed by atoms with Crippen LogP contribution in [0.25, 0.3) is 0 Å². The average molecular weight is 683 g/mol. The Morgan fingerprint density at radius 3 is 0.484 bits per heavy atom. The summed E-state index contributed by atoms with van der Waals surface area (Å²) in [6, 6.07) is 0. The van der Waals surface area contributed by atoms with E-state index < -0.39 is 43.1 Å². The van der Waals surface area contributed by atoms with E-state index in [-0.39, 0.29) is 97.1 Å². The van der Waals surface area contributed by atoms with Crippen LogP contribution in [-0.4, -0.2) is 25.0 Å². The molecule has 0 aromatic heterocycles. The van der Waals surface area contributed by atoms with Crippen molar-refractivity contribution >= 4 is 101 Å². The minimum Gasteiger partial charge on any atom is -0.153 e. The second kappa shape index (κ2) is 582. The van der Waals surface area contributed by atoms with Crippen molar-refractivity contribution in [1.29, 1.82) is 0 Å². The van der Waals surface area contributed by atoms with Crippen LogP contribution in [0.15, 0.2) is 0 Å². The number of rotatable bonds is 0. The third-order valence-corrected chi connectivity index (χ3v) is 0. The molecule has 6 N–H and O–H groups in total. The molecule has 0 heterocycles. The fourth-order valence-electron chi connectivity index (χ4n) is 0. The summed E-state index contributed by atoms with van der Waals surface area (Å²) < 4.78 is 50.5. The molecule has 210 valence electrons. The van der Waals surface area contributed by atoms with E-state index in [0.29, 0.717) is 0 Å². The van der Waals surface area contributed by atoms with Crippen molar-refractivity contribution in [2.75, 3.05) is 0 Å². The molecule has 6 unspecified atom stereocenters. The molecule has 0 radical (unpaired) electrons. The largest absolute Gasteiger partial charge is 0.153 e. The van der Waals surface area contributed by atoms with Crippen LogP contribution in [0.2, 0.25) is 0 Å². The molecule has 0 bridgehead atoms. The Morgan fingerprint density at radius 1 is 0.484 bits per heavy atom. The van der Waals surface area contributed by atoms with Gasteiger partial charge in [0.1, 0.15) is 0 Å². The fraction of sp³-hybridized carbons (Fsp3) is 1.00. The summed E-state index contributed by atoms with van der Waals surface area (Å²) in [5, 5.41) is 0. The Hall–Kier alpha value is 2.41. The van der Waals surface area contributed by atoms with Crippen molar-refractivity contribution in [3.05, 3.63) is 9.93 Å². The van der Waals surface area contributed by atoms with E-state index in [1.807, 2.05) is 0 Å². The molecule has 13 nitrogen and oxygen atoms in total. The van der Waals surface area contributed by atoms with Gasteiger partial charge in [0.15, 0.2) is 0 Å². The minimum absolute atomic E-state index is 0. The first-order valence-electron chi connectivity index (χ1n) is 2.40. The molecule has 0 amide bonds. The summed E-state index contributed by atoms with van der Waals surface area (Å²) >= 11 is 0. The maximum absolute atomic E-state index is 8.46. The Kier molecular flexibility index (Phi) is 3170. The van der Waals surface area contributed by atoms with Crippen molar-refractivity contribution in [3.63, 3.8) is 0 Å². The smallest absolute Gasteiger partial charge is 0.118 e. The summed E-state index contributed by atoms with van der Waals surface area (Å²) in [4.78, 5) is 41.9. The quantitative estimate of drug-likeness (QED) is 0.216. The molecule has 0 aromatic rings. The molecule has 6 atom stereocenters. The summed E-state index contributed by atoms with van der Waals surface area (Å²) in [7, 11) is 0.250. The van der Waals surface area contributed by atoms with E-state index in [2.05, 4.69) is 17.9 Å². The zero-order valence-electron chi connectivity index (χ0n) is 11.8. The molecular formula is C7H50O13P11+. The molecule has 0 fully saturated rings. The Bertz CT molecular complexity index is 167.